The van der Waals surface area contributed by atoms with E-state index in [1.54, 1.807) is 0 Å². The van der Waals surface area contributed by atoms with E-state index in [0.717, 1.165) is 31.0 Å². The van der Waals surface area contributed by atoms with Crippen LogP contribution in [0.2, 0.25) is 0 Å². The molecule has 7 nitrogen and oxygen atoms in total. The minimum absolute atomic E-state index is 0.0977. The number of rotatable bonds is 3. The minimum atomic E-state index is -0.408. The molecule has 2 aromatic heterocycles. The number of nitrogens with one attached hydrogen (secondary N) is 2. The molecular formula is C13H15N5O2. The summed E-state index contributed by atoms with van der Waals surface area (Å²) in [5, 5.41) is 11.0. The fraction of sp³-hybridized carbons (Fsp3) is 0.385. The third kappa shape index (κ3) is 2.11. The molecule has 0 aromatic carbocycles. The first-order valence-electron chi connectivity index (χ1n) is 6.57. The molecule has 0 spiro atoms. The number of H-pyrrole nitrogens is 1. The fourth-order valence-corrected chi connectivity index (χ4v) is 2.43. The molecule has 0 saturated carbocycles. The van der Waals surface area contributed by atoms with Crippen LogP contribution in [0.1, 0.15) is 41.4 Å². The van der Waals surface area contributed by atoms with E-state index in [1.165, 1.54) is 18.5 Å². The molecule has 0 saturated heterocycles. The van der Waals surface area contributed by atoms with Crippen LogP contribution in [-0.4, -0.2) is 25.7 Å². The van der Waals surface area contributed by atoms with E-state index in [-0.39, 0.29) is 17.0 Å². The number of aromatic amines is 1. The summed E-state index contributed by atoms with van der Waals surface area (Å²) in [6.45, 7) is 2.72. The third-order valence-electron chi connectivity index (χ3n) is 3.44. The number of hydrogen-bond acceptors (Lipinski definition) is 4. The summed E-state index contributed by atoms with van der Waals surface area (Å²) in [6.07, 6.45) is 4.87. The molecule has 0 aliphatic carbocycles. The summed E-state index contributed by atoms with van der Waals surface area (Å²) in [5.74, 6) is 1.28. The smallest absolute Gasteiger partial charge is 0.257 e. The van der Waals surface area contributed by atoms with Crippen molar-refractivity contribution in [3.63, 3.8) is 0 Å². The van der Waals surface area contributed by atoms with Crippen LogP contribution in [0.4, 0.5) is 0 Å². The summed E-state index contributed by atoms with van der Waals surface area (Å²) in [7, 11) is 0. The van der Waals surface area contributed by atoms with Crippen molar-refractivity contribution in [2.75, 3.05) is 0 Å². The van der Waals surface area contributed by atoms with Gasteiger partial charge in [-0.2, -0.15) is 0 Å². The zero-order valence-electron chi connectivity index (χ0n) is 11.1. The summed E-state index contributed by atoms with van der Waals surface area (Å²) in [6, 6.07) is 1.04. The van der Waals surface area contributed by atoms with Crippen LogP contribution < -0.4 is 10.7 Å². The largest absolute Gasteiger partial charge is 0.367 e. The van der Waals surface area contributed by atoms with E-state index < -0.39 is 5.91 Å². The third-order valence-corrected chi connectivity index (χ3v) is 3.44. The second-order valence-corrected chi connectivity index (χ2v) is 4.85. The maximum Gasteiger partial charge on any atom is 0.257 e. The molecule has 2 N–H and O–H groups in total. The number of aryl methyl sites for hydroxylation is 1. The van der Waals surface area contributed by atoms with Crippen LogP contribution in [-0.2, 0) is 13.0 Å². The number of fused-ring (bicyclic) bond motifs is 1. The molecule has 3 heterocycles. The van der Waals surface area contributed by atoms with Crippen LogP contribution in [0.25, 0.3) is 0 Å². The molecular weight excluding hydrogens is 258 g/mol. The first kappa shape index (κ1) is 12.6. The Morgan fingerprint density at radius 2 is 2.35 bits per heavy atom. The molecule has 1 atom stereocenters. The van der Waals surface area contributed by atoms with Gasteiger partial charge in [0.05, 0.1) is 6.04 Å². The zero-order chi connectivity index (χ0) is 14.1. The highest BCUT2D eigenvalue weighted by atomic mass is 16.2. The molecule has 104 valence electrons. The van der Waals surface area contributed by atoms with Crippen LogP contribution in [0.3, 0.4) is 0 Å². The van der Waals surface area contributed by atoms with Crippen LogP contribution in [0.5, 0.6) is 0 Å². The maximum atomic E-state index is 12.1. The lowest BCUT2D eigenvalue weighted by Gasteiger charge is -2.13. The summed E-state index contributed by atoms with van der Waals surface area (Å²) in [4.78, 5) is 26.4. The molecule has 7 heteroatoms. The first-order chi connectivity index (χ1) is 9.66. The van der Waals surface area contributed by atoms with Gasteiger partial charge in [-0.05, 0) is 13.3 Å². The fourth-order valence-electron chi connectivity index (χ4n) is 2.43. The summed E-state index contributed by atoms with van der Waals surface area (Å²) < 4.78 is 2.03. The SMILES string of the molecule is CC(NC(=O)c1c[nH]ccc1=O)c1nnc2n1CCC2. The standard InChI is InChI=1S/C13H15N5O2/c1-8(12-17-16-11-3-2-6-18(11)12)15-13(20)9-7-14-5-4-10(9)19/h4-5,7-8H,2-3,6H2,1H3,(H,14,19)(H,15,20). The number of pyridine rings is 1. The lowest BCUT2D eigenvalue weighted by atomic mass is 10.2. The Morgan fingerprint density at radius 3 is 3.15 bits per heavy atom. The van der Waals surface area contributed by atoms with Crippen molar-refractivity contribution < 1.29 is 4.79 Å². The quantitative estimate of drug-likeness (QED) is 0.846. The van der Waals surface area contributed by atoms with Gasteiger partial charge >= 0.3 is 0 Å². The highest BCUT2D eigenvalue weighted by Crippen LogP contribution is 2.18. The predicted octanol–water partition coefficient (Wildman–Crippen LogP) is 0.404. The van der Waals surface area contributed by atoms with Gasteiger partial charge in [-0.15, -0.1) is 10.2 Å². The molecule has 1 unspecified atom stereocenters. The molecule has 1 aliphatic heterocycles. The normalized spacial score (nSPS) is 14.8. The van der Waals surface area contributed by atoms with Gasteiger partial charge in [0.25, 0.3) is 5.91 Å². The van der Waals surface area contributed by atoms with Gasteiger partial charge in [0.2, 0.25) is 0 Å². The Bertz CT molecular complexity index is 703. The van der Waals surface area contributed by atoms with E-state index >= 15 is 0 Å². The van der Waals surface area contributed by atoms with E-state index in [0.29, 0.717) is 0 Å². The number of carbonyl (C=O) groups is 1. The van der Waals surface area contributed by atoms with Crippen molar-refractivity contribution >= 4 is 5.91 Å². The van der Waals surface area contributed by atoms with E-state index in [9.17, 15) is 9.59 Å². The van der Waals surface area contributed by atoms with Crippen molar-refractivity contribution in [3.8, 4) is 0 Å². The van der Waals surface area contributed by atoms with Gasteiger partial charge in [-0.1, -0.05) is 0 Å². The molecule has 20 heavy (non-hydrogen) atoms. The van der Waals surface area contributed by atoms with Crippen LogP contribution >= 0.6 is 0 Å². The summed E-state index contributed by atoms with van der Waals surface area (Å²) >= 11 is 0. The molecule has 1 amide bonds. The van der Waals surface area contributed by atoms with Crippen molar-refractivity contribution in [2.45, 2.75) is 32.4 Å². The second kappa shape index (κ2) is 4.92. The average molecular weight is 273 g/mol. The number of hydrogen-bond donors (Lipinski definition) is 2. The lowest BCUT2D eigenvalue weighted by molar-refractivity contribution is 0.0936. The Kier molecular flexibility index (Phi) is 3.09. The molecule has 0 radical (unpaired) electrons. The zero-order valence-corrected chi connectivity index (χ0v) is 11.1. The topological polar surface area (TPSA) is 92.7 Å². The molecule has 3 rings (SSSR count). The van der Waals surface area contributed by atoms with Crippen molar-refractivity contribution in [1.82, 2.24) is 25.1 Å². The van der Waals surface area contributed by atoms with Gasteiger partial charge in [-0.3, -0.25) is 9.59 Å². The second-order valence-electron chi connectivity index (χ2n) is 4.85. The summed E-state index contributed by atoms with van der Waals surface area (Å²) in [5.41, 5.74) is -0.208. The number of aromatic nitrogens is 4. The molecule has 1 aliphatic rings. The molecule has 0 fully saturated rings. The van der Waals surface area contributed by atoms with Gasteiger partial charge in [0.15, 0.2) is 11.3 Å². The minimum Gasteiger partial charge on any atom is -0.367 e. The van der Waals surface area contributed by atoms with Gasteiger partial charge in [0, 0.05) is 31.4 Å². The predicted molar refractivity (Wildman–Crippen MR) is 71.3 cm³/mol. The first-order valence-corrected chi connectivity index (χ1v) is 6.57. The Labute approximate surface area is 115 Å². The Hall–Kier alpha value is -2.44. The molecule has 0 bridgehead atoms. The van der Waals surface area contributed by atoms with Crippen molar-refractivity contribution in [2.24, 2.45) is 0 Å². The molecule has 2 aromatic rings. The van der Waals surface area contributed by atoms with E-state index in [1.807, 2.05) is 11.5 Å². The van der Waals surface area contributed by atoms with Crippen molar-refractivity contribution in [1.29, 1.82) is 0 Å². The van der Waals surface area contributed by atoms with Crippen molar-refractivity contribution in [3.05, 3.63) is 45.9 Å². The Balaban J connectivity index is 1.79. The van der Waals surface area contributed by atoms with Gasteiger partial charge < -0.3 is 14.9 Å². The van der Waals surface area contributed by atoms with Gasteiger partial charge in [0.1, 0.15) is 11.4 Å². The van der Waals surface area contributed by atoms with Crippen LogP contribution in [0.15, 0.2) is 23.3 Å². The number of carbonyl (C=O) groups excluding carboxylic acids is 1. The Morgan fingerprint density at radius 1 is 1.50 bits per heavy atom. The number of nitrogens with zero attached hydrogens (tertiary/aromatic N) is 3. The van der Waals surface area contributed by atoms with E-state index in [4.69, 9.17) is 0 Å². The van der Waals surface area contributed by atoms with Gasteiger partial charge in [-0.25, -0.2) is 0 Å². The monoisotopic (exact) mass is 273 g/mol. The highest BCUT2D eigenvalue weighted by Gasteiger charge is 2.23. The number of amides is 1. The average Bonchev–Trinajstić information content (AvgIpc) is 3.00. The van der Waals surface area contributed by atoms with E-state index in [2.05, 4.69) is 20.5 Å². The highest BCUT2D eigenvalue weighted by molar-refractivity contribution is 5.93. The van der Waals surface area contributed by atoms with Crippen LogP contribution in [0, 0.1) is 0 Å². The lowest BCUT2D eigenvalue weighted by Crippen LogP contribution is -2.32. The maximum absolute atomic E-state index is 12.1.